The molecule has 1 fully saturated rings. The lowest BCUT2D eigenvalue weighted by molar-refractivity contribution is 0.193. The highest BCUT2D eigenvalue weighted by Gasteiger charge is 2.22. The van der Waals surface area contributed by atoms with Gasteiger partial charge in [0.25, 0.3) is 0 Å². The number of hydrogen-bond acceptors (Lipinski definition) is 5. The average Bonchev–Trinajstić information content (AvgIpc) is 3.19. The van der Waals surface area contributed by atoms with Crippen molar-refractivity contribution in [3.63, 3.8) is 0 Å². The van der Waals surface area contributed by atoms with Crippen LogP contribution >= 0.6 is 11.3 Å². The second-order valence-electron chi connectivity index (χ2n) is 6.61. The van der Waals surface area contributed by atoms with Crippen molar-refractivity contribution in [3.05, 3.63) is 40.0 Å². The quantitative estimate of drug-likeness (QED) is 0.801. The van der Waals surface area contributed by atoms with Crippen LogP contribution in [-0.4, -0.2) is 29.7 Å². The maximum Gasteiger partial charge on any atom is 0.132 e. The molecule has 0 radical (unpaired) electrons. The van der Waals surface area contributed by atoms with E-state index in [4.69, 9.17) is 9.72 Å². The van der Waals surface area contributed by atoms with Gasteiger partial charge < -0.3 is 9.64 Å². The molecule has 0 amide bonds. The standard InChI is InChI=1S/C18H25N3OS/c1-13(2)10-21(11-16-5-4-8-23-16)18-9-17(19-14(3)20-18)15-6-7-22-12-15/h4-5,8-9,13,15H,6-7,10-12H2,1-3H3. The van der Waals surface area contributed by atoms with Crippen molar-refractivity contribution in [2.45, 2.75) is 39.7 Å². The lowest BCUT2D eigenvalue weighted by Gasteiger charge is -2.26. The van der Waals surface area contributed by atoms with Crippen LogP contribution in [0.2, 0.25) is 0 Å². The zero-order valence-corrected chi connectivity index (χ0v) is 15.0. The second kappa shape index (κ2) is 7.41. The summed E-state index contributed by atoms with van der Waals surface area (Å²) >= 11 is 1.80. The van der Waals surface area contributed by atoms with E-state index in [2.05, 4.69) is 47.3 Å². The molecule has 3 rings (SSSR count). The summed E-state index contributed by atoms with van der Waals surface area (Å²) in [6, 6.07) is 6.47. The molecule has 1 aliphatic rings. The van der Waals surface area contributed by atoms with Crippen LogP contribution in [0.5, 0.6) is 0 Å². The average molecular weight is 331 g/mol. The summed E-state index contributed by atoms with van der Waals surface area (Å²) in [5, 5.41) is 2.13. The number of aryl methyl sites for hydroxylation is 1. The van der Waals surface area contributed by atoms with Gasteiger partial charge in [-0.1, -0.05) is 19.9 Å². The van der Waals surface area contributed by atoms with Gasteiger partial charge in [-0.2, -0.15) is 0 Å². The maximum absolute atomic E-state index is 5.53. The van der Waals surface area contributed by atoms with Gasteiger partial charge in [-0.25, -0.2) is 9.97 Å². The van der Waals surface area contributed by atoms with Crippen LogP contribution in [0.3, 0.4) is 0 Å². The molecule has 2 aromatic rings. The van der Waals surface area contributed by atoms with Gasteiger partial charge in [-0.3, -0.25) is 0 Å². The Morgan fingerprint density at radius 3 is 2.91 bits per heavy atom. The Balaban J connectivity index is 1.87. The molecule has 3 heterocycles. The molecule has 1 aliphatic heterocycles. The van der Waals surface area contributed by atoms with E-state index < -0.39 is 0 Å². The normalized spacial score (nSPS) is 17.8. The van der Waals surface area contributed by atoms with Gasteiger partial charge >= 0.3 is 0 Å². The first-order chi connectivity index (χ1) is 11.1. The minimum atomic E-state index is 0.415. The van der Waals surface area contributed by atoms with Gasteiger partial charge in [0.05, 0.1) is 18.8 Å². The molecule has 0 spiro atoms. The molecule has 5 heteroatoms. The third-order valence-corrected chi connectivity index (χ3v) is 4.89. The van der Waals surface area contributed by atoms with Gasteiger partial charge in [-0.15, -0.1) is 11.3 Å². The smallest absolute Gasteiger partial charge is 0.132 e. The van der Waals surface area contributed by atoms with Crippen LogP contribution in [0.25, 0.3) is 0 Å². The Hall–Kier alpha value is -1.46. The monoisotopic (exact) mass is 331 g/mol. The molecule has 0 aliphatic carbocycles. The van der Waals surface area contributed by atoms with Crippen molar-refractivity contribution >= 4 is 17.2 Å². The minimum absolute atomic E-state index is 0.415. The molecular formula is C18H25N3OS. The summed E-state index contributed by atoms with van der Waals surface area (Å²) in [6.45, 7) is 10.0. The summed E-state index contributed by atoms with van der Waals surface area (Å²) in [6.07, 6.45) is 1.06. The largest absolute Gasteiger partial charge is 0.381 e. The second-order valence-corrected chi connectivity index (χ2v) is 7.64. The van der Waals surface area contributed by atoms with Crippen molar-refractivity contribution in [1.82, 2.24) is 9.97 Å². The topological polar surface area (TPSA) is 38.2 Å². The molecule has 1 atom stereocenters. The lowest BCUT2D eigenvalue weighted by atomic mass is 10.0. The summed E-state index contributed by atoms with van der Waals surface area (Å²) in [4.78, 5) is 13.1. The van der Waals surface area contributed by atoms with E-state index in [1.54, 1.807) is 11.3 Å². The molecule has 0 bridgehead atoms. The highest BCUT2D eigenvalue weighted by Crippen LogP contribution is 2.27. The minimum Gasteiger partial charge on any atom is -0.381 e. The zero-order valence-electron chi connectivity index (χ0n) is 14.2. The van der Waals surface area contributed by atoms with Crippen molar-refractivity contribution in [2.24, 2.45) is 5.92 Å². The Morgan fingerprint density at radius 1 is 1.39 bits per heavy atom. The van der Waals surface area contributed by atoms with Crippen LogP contribution in [0.4, 0.5) is 5.82 Å². The van der Waals surface area contributed by atoms with Gasteiger partial charge in [-0.05, 0) is 30.7 Å². The van der Waals surface area contributed by atoms with Gasteiger partial charge in [0.1, 0.15) is 11.6 Å². The molecule has 4 nitrogen and oxygen atoms in total. The number of anilines is 1. The Bertz CT molecular complexity index is 621. The van der Waals surface area contributed by atoms with Gasteiger partial charge in [0.15, 0.2) is 0 Å². The van der Waals surface area contributed by atoms with Crippen LogP contribution in [-0.2, 0) is 11.3 Å². The maximum atomic E-state index is 5.53. The van der Waals surface area contributed by atoms with E-state index in [0.717, 1.165) is 50.1 Å². The first-order valence-electron chi connectivity index (χ1n) is 8.32. The summed E-state index contributed by atoms with van der Waals surface area (Å²) < 4.78 is 5.53. The molecule has 1 saturated heterocycles. The van der Waals surface area contributed by atoms with Crippen LogP contribution < -0.4 is 4.90 Å². The first-order valence-corrected chi connectivity index (χ1v) is 9.20. The third-order valence-electron chi connectivity index (χ3n) is 4.03. The fourth-order valence-corrected chi connectivity index (χ4v) is 3.70. The number of nitrogens with zero attached hydrogens (tertiary/aromatic N) is 3. The molecule has 1 unspecified atom stereocenters. The van der Waals surface area contributed by atoms with Crippen LogP contribution in [0, 0.1) is 12.8 Å². The fourth-order valence-electron chi connectivity index (χ4n) is 2.98. The molecular weight excluding hydrogens is 306 g/mol. The van der Waals surface area contributed by atoms with E-state index in [1.807, 2.05) is 6.92 Å². The van der Waals surface area contributed by atoms with Crippen LogP contribution in [0.15, 0.2) is 23.6 Å². The van der Waals surface area contributed by atoms with Crippen molar-refractivity contribution in [2.75, 3.05) is 24.7 Å². The van der Waals surface area contributed by atoms with Crippen molar-refractivity contribution in [3.8, 4) is 0 Å². The summed E-state index contributed by atoms with van der Waals surface area (Å²) in [7, 11) is 0. The predicted molar refractivity (Wildman–Crippen MR) is 95.2 cm³/mol. The first kappa shape index (κ1) is 16.4. The number of thiophene rings is 1. The molecule has 0 aromatic carbocycles. The Morgan fingerprint density at radius 2 is 2.26 bits per heavy atom. The van der Waals surface area contributed by atoms with E-state index in [1.165, 1.54) is 4.88 Å². The van der Waals surface area contributed by atoms with Gasteiger partial charge in [0, 0.05) is 30.0 Å². The van der Waals surface area contributed by atoms with E-state index in [0.29, 0.717) is 11.8 Å². The van der Waals surface area contributed by atoms with E-state index in [9.17, 15) is 0 Å². The molecule has 0 N–H and O–H groups in total. The molecule has 23 heavy (non-hydrogen) atoms. The zero-order chi connectivity index (χ0) is 16.2. The summed E-state index contributed by atoms with van der Waals surface area (Å²) in [5.41, 5.74) is 1.13. The van der Waals surface area contributed by atoms with Crippen LogP contribution in [0.1, 0.15) is 42.6 Å². The number of aromatic nitrogens is 2. The number of rotatable bonds is 6. The van der Waals surface area contributed by atoms with Crippen molar-refractivity contribution < 1.29 is 4.74 Å². The van der Waals surface area contributed by atoms with E-state index >= 15 is 0 Å². The highest BCUT2D eigenvalue weighted by molar-refractivity contribution is 7.09. The molecule has 2 aromatic heterocycles. The fraction of sp³-hybridized carbons (Fsp3) is 0.556. The Kier molecular flexibility index (Phi) is 5.28. The summed E-state index contributed by atoms with van der Waals surface area (Å²) in [5.74, 6) is 2.90. The third kappa shape index (κ3) is 4.30. The molecule has 124 valence electrons. The Labute approximate surface area is 142 Å². The SMILES string of the molecule is Cc1nc(C2CCOC2)cc(N(Cc2cccs2)CC(C)C)n1. The highest BCUT2D eigenvalue weighted by atomic mass is 32.1. The predicted octanol–water partition coefficient (Wildman–Crippen LogP) is 4.01. The number of hydrogen-bond donors (Lipinski definition) is 0. The molecule has 0 saturated carbocycles. The lowest BCUT2D eigenvalue weighted by Crippen LogP contribution is -2.28. The van der Waals surface area contributed by atoms with Crippen molar-refractivity contribution in [1.29, 1.82) is 0 Å². The van der Waals surface area contributed by atoms with E-state index in [-0.39, 0.29) is 0 Å². The number of ether oxygens (including phenoxy) is 1. The van der Waals surface area contributed by atoms with Gasteiger partial charge in [0.2, 0.25) is 0 Å².